The van der Waals surface area contributed by atoms with Crippen LogP contribution in [-0.4, -0.2) is 42.7 Å². The van der Waals surface area contributed by atoms with Crippen molar-refractivity contribution in [1.82, 2.24) is 4.90 Å². The molecule has 0 aromatic heterocycles. The summed E-state index contributed by atoms with van der Waals surface area (Å²) >= 11 is 0. The van der Waals surface area contributed by atoms with Gasteiger partial charge in [-0.05, 0) is 50.3 Å². The predicted molar refractivity (Wildman–Crippen MR) is 116 cm³/mol. The van der Waals surface area contributed by atoms with Crippen LogP contribution in [0.25, 0.3) is 0 Å². The van der Waals surface area contributed by atoms with Crippen LogP contribution in [-0.2, 0) is 27.1 Å². The first-order valence-corrected chi connectivity index (χ1v) is 10.6. The van der Waals surface area contributed by atoms with Crippen molar-refractivity contribution in [3.8, 4) is 0 Å². The van der Waals surface area contributed by atoms with E-state index in [1.165, 1.54) is 16.7 Å². The summed E-state index contributed by atoms with van der Waals surface area (Å²) in [7, 11) is 0. The van der Waals surface area contributed by atoms with Crippen LogP contribution in [0.4, 0.5) is 0 Å². The normalized spacial score (nSPS) is 17.8. The van der Waals surface area contributed by atoms with Gasteiger partial charge in [0, 0.05) is 19.6 Å². The van der Waals surface area contributed by atoms with Crippen molar-refractivity contribution < 1.29 is 14.3 Å². The lowest BCUT2D eigenvalue weighted by Gasteiger charge is -2.33. The molecule has 1 heterocycles. The van der Waals surface area contributed by atoms with Gasteiger partial charge in [0.2, 0.25) is 0 Å². The quantitative estimate of drug-likeness (QED) is 0.644. The van der Waals surface area contributed by atoms with E-state index in [9.17, 15) is 4.79 Å². The smallest absolute Gasteiger partial charge is 0.307 e. The largest absolute Gasteiger partial charge is 0.460 e. The van der Waals surface area contributed by atoms with Crippen molar-refractivity contribution >= 4 is 5.97 Å². The molecule has 1 fully saturated rings. The Labute approximate surface area is 174 Å². The number of morpholine rings is 1. The number of hydrogen-bond acceptors (Lipinski definition) is 4. The maximum atomic E-state index is 12.0. The topological polar surface area (TPSA) is 38.8 Å². The van der Waals surface area contributed by atoms with Gasteiger partial charge in [-0.1, -0.05) is 54.6 Å². The second-order valence-corrected chi connectivity index (χ2v) is 8.72. The Bertz CT molecular complexity index is 765. The number of aryl methyl sites for hydroxylation is 2. The zero-order chi connectivity index (χ0) is 20.7. The minimum Gasteiger partial charge on any atom is -0.460 e. The van der Waals surface area contributed by atoms with E-state index in [0.29, 0.717) is 19.6 Å². The second kappa shape index (κ2) is 10.0. The summed E-state index contributed by atoms with van der Waals surface area (Å²) in [6.45, 7) is 8.77. The van der Waals surface area contributed by atoms with Crippen LogP contribution in [0, 0.1) is 0 Å². The summed E-state index contributed by atoms with van der Waals surface area (Å²) in [5.74, 6) is -0.136. The number of hydrogen-bond donors (Lipinski definition) is 0. The first-order chi connectivity index (χ1) is 13.9. The molecule has 1 aliphatic rings. The Morgan fingerprint density at radius 3 is 2.34 bits per heavy atom. The molecule has 156 valence electrons. The number of nitrogens with zero attached hydrogens (tertiary/aromatic N) is 1. The third-order valence-electron chi connectivity index (χ3n) is 5.10. The van der Waals surface area contributed by atoms with Gasteiger partial charge < -0.3 is 9.47 Å². The van der Waals surface area contributed by atoms with Gasteiger partial charge in [-0.15, -0.1) is 0 Å². The van der Waals surface area contributed by atoms with E-state index in [1.807, 2.05) is 20.8 Å². The molecule has 4 heteroatoms. The van der Waals surface area contributed by atoms with Gasteiger partial charge in [-0.3, -0.25) is 9.69 Å². The summed E-state index contributed by atoms with van der Waals surface area (Å²) in [6.07, 6.45) is 2.57. The van der Waals surface area contributed by atoms with Crippen LogP contribution in [0.2, 0.25) is 0 Å². The third-order valence-corrected chi connectivity index (χ3v) is 5.10. The van der Waals surface area contributed by atoms with Gasteiger partial charge >= 0.3 is 5.97 Å². The summed E-state index contributed by atoms with van der Waals surface area (Å²) in [5, 5.41) is 0. The maximum absolute atomic E-state index is 12.0. The fraction of sp³-hybridized carbons (Fsp3) is 0.480. The highest BCUT2D eigenvalue weighted by Crippen LogP contribution is 2.23. The van der Waals surface area contributed by atoms with Crippen molar-refractivity contribution in [2.75, 3.05) is 26.2 Å². The van der Waals surface area contributed by atoms with Crippen molar-refractivity contribution in [3.05, 3.63) is 71.3 Å². The molecule has 0 radical (unpaired) electrons. The molecular formula is C25H33NO3. The SMILES string of the molecule is CC(C)(C)OC(=O)CCN1CCOC(c2ccc(CCc3ccccc3)cc2)C1. The molecule has 0 aliphatic carbocycles. The van der Waals surface area contributed by atoms with Crippen LogP contribution >= 0.6 is 0 Å². The van der Waals surface area contributed by atoms with Crippen molar-refractivity contribution in [2.45, 2.75) is 51.7 Å². The summed E-state index contributed by atoms with van der Waals surface area (Å²) in [4.78, 5) is 14.3. The van der Waals surface area contributed by atoms with E-state index in [1.54, 1.807) is 0 Å². The fourth-order valence-electron chi connectivity index (χ4n) is 3.58. The predicted octanol–water partition coefficient (Wildman–Crippen LogP) is 4.58. The zero-order valence-corrected chi connectivity index (χ0v) is 17.9. The van der Waals surface area contributed by atoms with E-state index in [4.69, 9.17) is 9.47 Å². The minimum atomic E-state index is -0.424. The van der Waals surface area contributed by atoms with E-state index in [2.05, 4.69) is 59.5 Å². The van der Waals surface area contributed by atoms with Gasteiger partial charge in [0.15, 0.2) is 0 Å². The molecule has 0 bridgehead atoms. The Morgan fingerprint density at radius 1 is 1.03 bits per heavy atom. The number of benzene rings is 2. The van der Waals surface area contributed by atoms with Gasteiger partial charge in [-0.25, -0.2) is 0 Å². The van der Waals surface area contributed by atoms with Crippen molar-refractivity contribution in [3.63, 3.8) is 0 Å². The molecule has 0 N–H and O–H groups in total. The Morgan fingerprint density at radius 2 is 1.69 bits per heavy atom. The van der Waals surface area contributed by atoms with Gasteiger partial charge in [0.25, 0.3) is 0 Å². The molecule has 0 spiro atoms. The molecule has 2 aromatic rings. The van der Waals surface area contributed by atoms with Crippen molar-refractivity contribution in [2.24, 2.45) is 0 Å². The van der Waals surface area contributed by atoms with Crippen molar-refractivity contribution in [1.29, 1.82) is 0 Å². The Kier molecular flexibility index (Phi) is 7.45. The van der Waals surface area contributed by atoms with Crippen LogP contribution in [0.3, 0.4) is 0 Å². The fourth-order valence-corrected chi connectivity index (χ4v) is 3.58. The molecule has 29 heavy (non-hydrogen) atoms. The highest BCUT2D eigenvalue weighted by atomic mass is 16.6. The third kappa shape index (κ3) is 7.30. The van der Waals surface area contributed by atoms with E-state index >= 15 is 0 Å². The van der Waals surface area contributed by atoms with Crippen LogP contribution in [0.15, 0.2) is 54.6 Å². The van der Waals surface area contributed by atoms with E-state index in [0.717, 1.165) is 25.9 Å². The number of carbonyl (C=O) groups is 1. The zero-order valence-electron chi connectivity index (χ0n) is 17.9. The number of esters is 1. The molecule has 1 unspecified atom stereocenters. The lowest BCUT2D eigenvalue weighted by Crippen LogP contribution is -2.39. The monoisotopic (exact) mass is 395 g/mol. The number of rotatable bonds is 7. The molecule has 3 rings (SSSR count). The molecule has 1 aliphatic heterocycles. The first-order valence-electron chi connectivity index (χ1n) is 10.6. The molecule has 1 saturated heterocycles. The molecule has 0 amide bonds. The molecule has 1 atom stereocenters. The van der Waals surface area contributed by atoms with E-state index < -0.39 is 5.60 Å². The lowest BCUT2D eigenvalue weighted by molar-refractivity contribution is -0.155. The standard InChI is InChI=1S/C25H33NO3/c1-25(2,3)29-24(27)15-16-26-17-18-28-23(19-26)22-13-11-21(12-14-22)10-9-20-7-5-4-6-8-20/h4-8,11-14,23H,9-10,15-19H2,1-3H3. The van der Waals surface area contributed by atoms with Crippen LogP contribution in [0.1, 0.15) is 50.0 Å². The lowest BCUT2D eigenvalue weighted by atomic mass is 10.0. The number of carbonyl (C=O) groups excluding carboxylic acids is 1. The average Bonchev–Trinajstić information content (AvgIpc) is 2.71. The first kappa shape index (κ1) is 21.5. The summed E-state index contributed by atoms with van der Waals surface area (Å²) in [5.41, 5.74) is 3.49. The molecule has 4 nitrogen and oxygen atoms in total. The Hall–Kier alpha value is -2.17. The maximum Gasteiger partial charge on any atom is 0.307 e. The molecular weight excluding hydrogens is 362 g/mol. The van der Waals surface area contributed by atoms with Gasteiger partial charge in [0.05, 0.1) is 19.1 Å². The highest BCUT2D eigenvalue weighted by Gasteiger charge is 2.23. The summed E-state index contributed by atoms with van der Waals surface area (Å²) < 4.78 is 11.4. The molecule has 2 aromatic carbocycles. The average molecular weight is 396 g/mol. The summed E-state index contributed by atoms with van der Waals surface area (Å²) in [6, 6.07) is 19.4. The minimum absolute atomic E-state index is 0.0607. The van der Waals surface area contributed by atoms with E-state index in [-0.39, 0.29) is 12.1 Å². The van der Waals surface area contributed by atoms with Gasteiger partial charge in [0.1, 0.15) is 5.60 Å². The van der Waals surface area contributed by atoms with Crippen LogP contribution in [0.5, 0.6) is 0 Å². The Balaban J connectivity index is 1.48. The van der Waals surface area contributed by atoms with Gasteiger partial charge in [-0.2, -0.15) is 0 Å². The van der Waals surface area contributed by atoms with Crippen LogP contribution < -0.4 is 0 Å². The second-order valence-electron chi connectivity index (χ2n) is 8.72. The number of ether oxygens (including phenoxy) is 2. The highest BCUT2D eigenvalue weighted by molar-refractivity contribution is 5.70. The molecule has 0 saturated carbocycles.